The number of aryl methyl sites for hydroxylation is 1. The van der Waals surface area contributed by atoms with Crippen molar-refractivity contribution in [1.29, 1.82) is 0 Å². The fourth-order valence-electron chi connectivity index (χ4n) is 1.69. The molecule has 1 aromatic carbocycles. The number of nitrogens with two attached hydrogens (primary N) is 1. The van der Waals surface area contributed by atoms with Crippen molar-refractivity contribution in [1.82, 2.24) is 4.90 Å². The SMILES string of the molecule is Cc1ccsc1CN(C)C(=O)COc1ccc(N)cc1. The topological polar surface area (TPSA) is 55.6 Å². The Bertz CT molecular complexity index is 578. The van der Waals surface area contributed by atoms with Crippen molar-refractivity contribution in [3.05, 3.63) is 46.2 Å². The standard InChI is InChI=1S/C15H18N2O2S/c1-11-7-8-20-14(11)9-17(2)15(18)10-19-13-5-3-12(16)4-6-13/h3-8H,9-10,16H2,1-2H3. The molecule has 20 heavy (non-hydrogen) atoms. The first-order valence-corrected chi connectivity index (χ1v) is 7.19. The average molecular weight is 290 g/mol. The number of benzene rings is 1. The van der Waals surface area contributed by atoms with Crippen LogP contribution in [0, 0.1) is 6.92 Å². The molecule has 0 aliphatic rings. The van der Waals surface area contributed by atoms with E-state index in [1.807, 2.05) is 5.38 Å². The Kier molecular flexibility index (Phi) is 4.63. The molecule has 0 fully saturated rings. The van der Waals surface area contributed by atoms with Gasteiger partial charge in [0.1, 0.15) is 5.75 Å². The number of anilines is 1. The summed E-state index contributed by atoms with van der Waals surface area (Å²) in [5.74, 6) is 0.600. The number of likely N-dealkylation sites (N-methyl/N-ethyl adjacent to an activating group) is 1. The number of hydrogen-bond acceptors (Lipinski definition) is 4. The Labute approximate surface area is 122 Å². The van der Waals surface area contributed by atoms with Crippen molar-refractivity contribution in [2.45, 2.75) is 13.5 Å². The van der Waals surface area contributed by atoms with E-state index >= 15 is 0 Å². The third-order valence-electron chi connectivity index (χ3n) is 3.02. The third kappa shape index (κ3) is 3.74. The summed E-state index contributed by atoms with van der Waals surface area (Å²) in [5.41, 5.74) is 7.48. The van der Waals surface area contributed by atoms with E-state index in [0.29, 0.717) is 18.0 Å². The molecule has 2 N–H and O–H groups in total. The maximum Gasteiger partial charge on any atom is 0.260 e. The molecule has 0 saturated heterocycles. The predicted molar refractivity (Wildman–Crippen MR) is 81.9 cm³/mol. The maximum atomic E-state index is 12.0. The predicted octanol–water partition coefficient (Wildman–Crippen LogP) is 2.68. The van der Waals surface area contributed by atoms with Gasteiger partial charge in [-0.05, 0) is 48.2 Å². The van der Waals surface area contributed by atoms with Crippen LogP contribution in [0.1, 0.15) is 10.4 Å². The van der Waals surface area contributed by atoms with Gasteiger partial charge >= 0.3 is 0 Å². The third-order valence-corrected chi connectivity index (χ3v) is 4.02. The van der Waals surface area contributed by atoms with Gasteiger partial charge < -0.3 is 15.4 Å². The first-order chi connectivity index (χ1) is 9.56. The van der Waals surface area contributed by atoms with Crippen molar-refractivity contribution >= 4 is 22.9 Å². The number of nitrogen functional groups attached to an aromatic ring is 1. The molecule has 0 atom stereocenters. The van der Waals surface area contributed by atoms with Crippen LogP contribution in [-0.4, -0.2) is 24.5 Å². The van der Waals surface area contributed by atoms with Crippen molar-refractivity contribution in [3.63, 3.8) is 0 Å². The van der Waals surface area contributed by atoms with Crippen molar-refractivity contribution < 1.29 is 9.53 Å². The molecule has 1 heterocycles. The Hall–Kier alpha value is -2.01. The summed E-state index contributed by atoms with van der Waals surface area (Å²) < 4.78 is 5.45. The Morgan fingerprint density at radius 3 is 2.60 bits per heavy atom. The first-order valence-electron chi connectivity index (χ1n) is 6.31. The molecule has 106 valence electrons. The van der Waals surface area contributed by atoms with Crippen molar-refractivity contribution in [2.24, 2.45) is 0 Å². The van der Waals surface area contributed by atoms with Crippen molar-refractivity contribution in [2.75, 3.05) is 19.4 Å². The highest BCUT2D eigenvalue weighted by Crippen LogP contribution is 2.17. The minimum Gasteiger partial charge on any atom is -0.484 e. The van der Waals surface area contributed by atoms with E-state index in [2.05, 4.69) is 13.0 Å². The maximum absolute atomic E-state index is 12.0. The van der Waals surface area contributed by atoms with Crippen LogP contribution in [-0.2, 0) is 11.3 Å². The molecule has 0 aliphatic heterocycles. The monoisotopic (exact) mass is 290 g/mol. The summed E-state index contributed by atoms with van der Waals surface area (Å²) in [7, 11) is 1.79. The summed E-state index contributed by atoms with van der Waals surface area (Å²) >= 11 is 1.66. The lowest BCUT2D eigenvalue weighted by molar-refractivity contribution is -0.132. The zero-order valence-electron chi connectivity index (χ0n) is 11.6. The highest BCUT2D eigenvalue weighted by molar-refractivity contribution is 7.10. The Morgan fingerprint density at radius 1 is 1.30 bits per heavy atom. The first kappa shape index (κ1) is 14.4. The molecule has 2 rings (SSSR count). The van der Waals surface area contributed by atoms with Gasteiger partial charge in [-0.15, -0.1) is 11.3 Å². The minimum atomic E-state index is -0.0466. The van der Waals surface area contributed by atoms with Crippen LogP contribution in [0.25, 0.3) is 0 Å². The number of hydrogen-bond donors (Lipinski definition) is 1. The largest absolute Gasteiger partial charge is 0.484 e. The molecule has 0 unspecified atom stereocenters. The molecule has 1 aromatic heterocycles. The normalized spacial score (nSPS) is 10.3. The van der Waals surface area contributed by atoms with Gasteiger partial charge in [-0.2, -0.15) is 0 Å². The van der Waals surface area contributed by atoms with Gasteiger partial charge in [0.15, 0.2) is 6.61 Å². The van der Waals surface area contributed by atoms with E-state index in [1.165, 1.54) is 10.4 Å². The number of nitrogens with zero attached hydrogens (tertiary/aromatic N) is 1. The van der Waals surface area contributed by atoms with E-state index in [9.17, 15) is 4.79 Å². The fourth-order valence-corrected chi connectivity index (χ4v) is 2.65. The molecule has 1 amide bonds. The second-order valence-corrected chi connectivity index (χ2v) is 5.63. The summed E-state index contributed by atoms with van der Waals surface area (Å²) in [6.07, 6.45) is 0. The highest BCUT2D eigenvalue weighted by atomic mass is 32.1. The van der Waals surface area contributed by atoms with Gasteiger partial charge in [0, 0.05) is 17.6 Å². The van der Waals surface area contributed by atoms with Gasteiger partial charge in [0.25, 0.3) is 5.91 Å². The quantitative estimate of drug-likeness (QED) is 0.861. The molecule has 0 bridgehead atoms. The van der Waals surface area contributed by atoms with Crippen LogP contribution in [0.3, 0.4) is 0 Å². The summed E-state index contributed by atoms with van der Waals surface area (Å²) in [4.78, 5) is 14.9. The minimum absolute atomic E-state index is 0.0326. The molecular formula is C15H18N2O2S. The number of amides is 1. The van der Waals surface area contributed by atoms with Crippen LogP contribution in [0.5, 0.6) is 5.75 Å². The molecular weight excluding hydrogens is 272 g/mol. The van der Waals surface area contributed by atoms with Crippen LogP contribution >= 0.6 is 11.3 Å². The molecule has 4 nitrogen and oxygen atoms in total. The summed E-state index contributed by atoms with van der Waals surface area (Å²) in [5, 5.41) is 2.04. The average Bonchev–Trinajstić information content (AvgIpc) is 2.83. The zero-order valence-corrected chi connectivity index (χ0v) is 12.4. The van der Waals surface area contributed by atoms with Crippen LogP contribution in [0.15, 0.2) is 35.7 Å². The van der Waals surface area contributed by atoms with E-state index < -0.39 is 0 Å². The summed E-state index contributed by atoms with van der Waals surface area (Å²) in [6.45, 7) is 2.70. The van der Waals surface area contributed by atoms with Gasteiger partial charge in [0.2, 0.25) is 0 Å². The number of thiophene rings is 1. The Balaban J connectivity index is 1.85. The molecule has 0 saturated carbocycles. The second-order valence-electron chi connectivity index (χ2n) is 4.63. The molecule has 0 aliphatic carbocycles. The van der Waals surface area contributed by atoms with Gasteiger partial charge in [-0.3, -0.25) is 4.79 Å². The van der Waals surface area contributed by atoms with E-state index in [4.69, 9.17) is 10.5 Å². The summed E-state index contributed by atoms with van der Waals surface area (Å²) in [6, 6.07) is 9.07. The number of carbonyl (C=O) groups excluding carboxylic acids is 1. The highest BCUT2D eigenvalue weighted by Gasteiger charge is 2.12. The number of ether oxygens (including phenoxy) is 1. The van der Waals surface area contributed by atoms with E-state index in [-0.39, 0.29) is 12.5 Å². The van der Waals surface area contributed by atoms with E-state index in [0.717, 1.165) is 0 Å². The Morgan fingerprint density at radius 2 is 2.00 bits per heavy atom. The number of rotatable bonds is 5. The smallest absolute Gasteiger partial charge is 0.260 e. The van der Waals surface area contributed by atoms with Crippen LogP contribution in [0.4, 0.5) is 5.69 Å². The molecule has 2 aromatic rings. The molecule has 0 radical (unpaired) electrons. The van der Waals surface area contributed by atoms with Gasteiger partial charge in [0.05, 0.1) is 6.54 Å². The van der Waals surface area contributed by atoms with Gasteiger partial charge in [-0.25, -0.2) is 0 Å². The lowest BCUT2D eigenvalue weighted by Crippen LogP contribution is -2.30. The lowest BCUT2D eigenvalue weighted by Gasteiger charge is -2.17. The number of carbonyl (C=O) groups is 1. The molecule has 0 spiro atoms. The van der Waals surface area contributed by atoms with Crippen molar-refractivity contribution in [3.8, 4) is 5.75 Å². The van der Waals surface area contributed by atoms with Crippen LogP contribution in [0.2, 0.25) is 0 Å². The molecule has 5 heteroatoms. The zero-order chi connectivity index (χ0) is 14.5. The van der Waals surface area contributed by atoms with Crippen LogP contribution < -0.4 is 10.5 Å². The van der Waals surface area contributed by atoms with E-state index in [1.54, 1.807) is 47.5 Å². The fraction of sp³-hybridized carbons (Fsp3) is 0.267. The van der Waals surface area contributed by atoms with Gasteiger partial charge in [-0.1, -0.05) is 0 Å². The lowest BCUT2D eigenvalue weighted by atomic mass is 10.3. The second kappa shape index (κ2) is 6.43.